The molecule has 0 saturated carbocycles. The van der Waals surface area contributed by atoms with E-state index in [0.717, 1.165) is 67.5 Å². The first-order valence-electron chi connectivity index (χ1n) is 10.6. The summed E-state index contributed by atoms with van der Waals surface area (Å²) in [4.78, 5) is 17.5. The molecule has 30 heavy (non-hydrogen) atoms. The number of morpholine rings is 1. The second kappa shape index (κ2) is 9.64. The van der Waals surface area contributed by atoms with Crippen molar-refractivity contribution in [2.75, 3.05) is 38.6 Å². The number of thioether (sulfide) groups is 2. The molecule has 1 fully saturated rings. The van der Waals surface area contributed by atoms with Gasteiger partial charge in [0.05, 0.1) is 35.7 Å². The molecule has 9 heteroatoms. The van der Waals surface area contributed by atoms with Crippen LogP contribution in [0.25, 0.3) is 11.0 Å². The maximum atomic E-state index is 5.44. The fourth-order valence-corrected chi connectivity index (χ4v) is 6.42. The Morgan fingerprint density at radius 1 is 1.20 bits per heavy atom. The monoisotopic (exact) mass is 442 g/mol. The Morgan fingerprint density at radius 2 is 2.13 bits per heavy atom. The second-order valence-corrected chi connectivity index (χ2v) is 9.97. The minimum atomic E-state index is 0.329. The Morgan fingerprint density at radius 3 is 3.07 bits per heavy atom. The molecular formula is C21H26N6OS2. The number of aromatic nitrogens is 5. The topological polar surface area (TPSA) is 79.8 Å². The third kappa shape index (κ3) is 4.49. The van der Waals surface area contributed by atoms with Crippen LogP contribution in [0.5, 0.6) is 0 Å². The van der Waals surface area contributed by atoms with E-state index in [-0.39, 0.29) is 0 Å². The van der Waals surface area contributed by atoms with Gasteiger partial charge in [-0.25, -0.2) is 9.97 Å². The zero-order chi connectivity index (χ0) is 20.2. The summed E-state index contributed by atoms with van der Waals surface area (Å²) in [6, 6.07) is 2.20. The van der Waals surface area contributed by atoms with Crippen molar-refractivity contribution in [2.45, 2.75) is 40.9 Å². The van der Waals surface area contributed by atoms with Gasteiger partial charge in [0, 0.05) is 24.2 Å². The van der Waals surface area contributed by atoms with Gasteiger partial charge in [-0.2, -0.15) is 5.10 Å². The lowest BCUT2D eigenvalue weighted by Gasteiger charge is -2.27. The highest BCUT2D eigenvalue weighted by Gasteiger charge is 2.26. The van der Waals surface area contributed by atoms with Crippen LogP contribution in [0.2, 0.25) is 0 Å². The normalized spacial score (nSPS) is 19.8. The molecular weight excluding hydrogens is 416 g/mol. The molecule has 7 nitrogen and oxygen atoms in total. The van der Waals surface area contributed by atoms with Gasteiger partial charge in [0.15, 0.2) is 5.65 Å². The summed E-state index contributed by atoms with van der Waals surface area (Å²) in [5.41, 5.74) is 3.47. The molecule has 5 rings (SSSR count). The average Bonchev–Trinajstić information content (AvgIpc) is 3.28. The Labute approximate surface area is 184 Å². The number of aromatic amines is 1. The molecule has 1 unspecified atom stereocenters. The molecule has 1 atom stereocenters. The highest BCUT2D eigenvalue weighted by Crippen LogP contribution is 2.45. The van der Waals surface area contributed by atoms with E-state index >= 15 is 0 Å². The summed E-state index contributed by atoms with van der Waals surface area (Å²) in [5, 5.41) is 9.35. The van der Waals surface area contributed by atoms with Gasteiger partial charge in [-0.15, -0.1) is 11.8 Å². The summed E-state index contributed by atoms with van der Waals surface area (Å²) in [6.45, 7) is 5.06. The van der Waals surface area contributed by atoms with Crippen molar-refractivity contribution < 1.29 is 4.74 Å². The standard InChI is InChI=1S/C21H26N6OS2/c1-3-15-17(29-12-2-7-27-8-10-28-11-9-27)5-6-22-19(15)18(4-1)30-21-16-13-25-26-20(16)23-14-24-21/h5-6,13-14,18H,1-4,7-12H2,(H,23,24,25,26). The van der Waals surface area contributed by atoms with E-state index in [9.17, 15) is 0 Å². The van der Waals surface area contributed by atoms with Crippen LogP contribution in [0, 0.1) is 0 Å². The zero-order valence-corrected chi connectivity index (χ0v) is 18.6. The third-order valence-corrected chi connectivity index (χ3v) is 8.17. The lowest BCUT2D eigenvalue weighted by molar-refractivity contribution is 0.0381. The number of nitrogens with zero attached hydrogens (tertiary/aromatic N) is 5. The number of pyridine rings is 1. The highest BCUT2D eigenvalue weighted by molar-refractivity contribution is 7.99. The van der Waals surface area contributed by atoms with Crippen molar-refractivity contribution in [2.24, 2.45) is 0 Å². The Balaban J connectivity index is 1.26. The van der Waals surface area contributed by atoms with Crippen molar-refractivity contribution in [1.82, 2.24) is 30.0 Å². The predicted octanol–water partition coefficient (Wildman–Crippen LogP) is 3.73. The summed E-state index contributed by atoms with van der Waals surface area (Å²) >= 11 is 3.78. The average molecular weight is 443 g/mol. The van der Waals surface area contributed by atoms with E-state index in [0.29, 0.717) is 5.25 Å². The summed E-state index contributed by atoms with van der Waals surface area (Å²) in [6.07, 6.45) is 10.1. The number of hydrogen-bond acceptors (Lipinski definition) is 8. The second-order valence-electron chi connectivity index (χ2n) is 7.64. The van der Waals surface area contributed by atoms with E-state index in [1.807, 2.05) is 24.2 Å². The molecule has 2 aliphatic rings. The maximum Gasteiger partial charge on any atom is 0.159 e. The minimum absolute atomic E-state index is 0.329. The Bertz CT molecular complexity index is 991. The Hall–Kier alpha value is -1.68. The van der Waals surface area contributed by atoms with Gasteiger partial charge in [-0.1, -0.05) is 11.8 Å². The van der Waals surface area contributed by atoms with Crippen molar-refractivity contribution in [3.63, 3.8) is 0 Å². The van der Waals surface area contributed by atoms with Crippen LogP contribution < -0.4 is 0 Å². The predicted molar refractivity (Wildman–Crippen MR) is 120 cm³/mol. The highest BCUT2D eigenvalue weighted by atomic mass is 32.2. The number of hydrogen-bond donors (Lipinski definition) is 1. The number of nitrogens with one attached hydrogen (secondary N) is 1. The van der Waals surface area contributed by atoms with Crippen molar-refractivity contribution in [1.29, 1.82) is 0 Å². The number of fused-ring (bicyclic) bond motifs is 2. The molecule has 1 saturated heterocycles. The number of rotatable bonds is 7. The zero-order valence-electron chi connectivity index (χ0n) is 16.9. The fraction of sp³-hybridized carbons (Fsp3) is 0.524. The lowest BCUT2D eigenvalue weighted by atomic mass is 9.96. The van der Waals surface area contributed by atoms with Gasteiger partial charge in [0.25, 0.3) is 0 Å². The maximum absolute atomic E-state index is 5.44. The number of ether oxygens (including phenoxy) is 1. The largest absolute Gasteiger partial charge is 0.379 e. The molecule has 1 aliphatic heterocycles. The van der Waals surface area contributed by atoms with E-state index in [4.69, 9.17) is 9.72 Å². The first-order valence-corrected chi connectivity index (χ1v) is 12.5. The van der Waals surface area contributed by atoms with Crippen LogP contribution in [0.15, 0.2) is 34.7 Å². The molecule has 4 heterocycles. The van der Waals surface area contributed by atoms with Gasteiger partial charge in [-0.05, 0) is 49.6 Å². The molecule has 0 bridgehead atoms. The van der Waals surface area contributed by atoms with Gasteiger partial charge >= 0.3 is 0 Å². The minimum Gasteiger partial charge on any atom is -0.379 e. The van der Waals surface area contributed by atoms with Crippen molar-refractivity contribution in [3.8, 4) is 0 Å². The fourth-order valence-electron chi connectivity index (χ4n) is 4.14. The molecule has 3 aromatic rings. The smallest absolute Gasteiger partial charge is 0.159 e. The van der Waals surface area contributed by atoms with Crippen LogP contribution in [-0.4, -0.2) is 68.7 Å². The van der Waals surface area contributed by atoms with Gasteiger partial charge < -0.3 is 4.74 Å². The van der Waals surface area contributed by atoms with Crippen LogP contribution in [-0.2, 0) is 11.2 Å². The van der Waals surface area contributed by atoms with E-state index < -0.39 is 0 Å². The van der Waals surface area contributed by atoms with Gasteiger partial charge in [0.1, 0.15) is 11.4 Å². The number of H-pyrrole nitrogens is 1. The van der Waals surface area contributed by atoms with E-state index in [1.165, 1.54) is 29.0 Å². The molecule has 0 radical (unpaired) electrons. The van der Waals surface area contributed by atoms with Gasteiger partial charge in [0.2, 0.25) is 0 Å². The summed E-state index contributed by atoms with van der Waals surface area (Å²) < 4.78 is 5.44. The van der Waals surface area contributed by atoms with Crippen LogP contribution in [0.1, 0.15) is 35.8 Å². The quantitative estimate of drug-likeness (QED) is 0.337. The summed E-state index contributed by atoms with van der Waals surface area (Å²) in [5.74, 6) is 1.15. The molecule has 0 spiro atoms. The van der Waals surface area contributed by atoms with Crippen LogP contribution >= 0.6 is 23.5 Å². The Kier molecular flexibility index (Phi) is 6.50. The molecule has 158 valence electrons. The molecule has 1 N–H and O–H groups in total. The van der Waals surface area contributed by atoms with Crippen LogP contribution in [0.4, 0.5) is 0 Å². The van der Waals surface area contributed by atoms with Gasteiger partial charge in [-0.3, -0.25) is 15.0 Å². The third-order valence-electron chi connectivity index (χ3n) is 5.69. The lowest BCUT2D eigenvalue weighted by Crippen LogP contribution is -2.36. The van der Waals surface area contributed by atoms with Crippen molar-refractivity contribution in [3.05, 3.63) is 36.0 Å². The molecule has 1 aliphatic carbocycles. The first kappa shape index (κ1) is 20.2. The SMILES string of the molecule is c1cc(SCCCN2CCOCC2)c2c(n1)C(Sc1ncnc3[nH]ncc13)CCC2. The molecule has 0 aromatic carbocycles. The summed E-state index contributed by atoms with van der Waals surface area (Å²) in [7, 11) is 0. The first-order chi connectivity index (χ1) is 14.9. The van der Waals surface area contributed by atoms with E-state index in [2.05, 4.69) is 31.1 Å². The van der Waals surface area contributed by atoms with E-state index in [1.54, 1.807) is 18.1 Å². The molecule has 0 amide bonds. The molecule has 3 aromatic heterocycles. The van der Waals surface area contributed by atoms with Crippen LogP contribution in [0.3, 0.4) is 0 Å². The van der Waals surface area contributed by atoms with Crippen molar-refractivity contribution >= 4 is 34.6 Å².